The number of phenols is 2. The molecule has 3 aromatic carbocycles. The van der Waals surface area contributed by atoms with Gasteiger partial charge >= 0.3 is 5.63 Å². The number of carbonyl (C=O) groups is 1. The van der Waals surface area contributed by atoms with Crippen molar-refractivity contribution in [3.05, 3.63) is 98.4 Å². The zero-order valence-corrected chi connectivity index (χ0v) is 18.2. The number of rotatable bonds is 2. The van der Waals surface area contributed by atoms with Crippen molar-refractivity contribution in [3.63, 3.8) is 0 Å². The van der Waals surface area contributed by atoms with E-state index < -0.39 is 11.5 Å². The number of Topliss-reactive ketones (excluding diaryl/α,β-unsaturated/α-hetero) is 1. The topological polar surface area (TPSA) is 106 Å². The summed E-state index contributed by atoms with van der Waals surface area (Å²) in [6, 6.07) is 14.8. The Morgan fingerprint density at radius 2 is 1.74 bits per heavy atom. The predicted octanol–water partition coefficient (Wildman–Crippen LogP) is 4.65. The standard InChI is InChI=1S/C27H18O7/c1-12-10-19(29)34-27-20(12)16(28)11-18-22(27)21(15-8-5-9-17(32-2)24(15)30)23-25(31)13-6-3-4-7-14(13)26(23)33-18/h3-11,21,28,30H,1-2H3. The second-order valence-electron chi connectivity index (χ2n) is 8.31. The lowest BCUT2D eigenvalue weighted by molar-refractivity contribution is 0.103. The molecular weight excluding hydrogens is 436 g/mol. The van der Waals surface area contributed by atoms with Gasteiger partial charge < -0.3 is 24.1 Å². The molecule has 6 rings (SSSR count). The second-order valence-corrected chi connectivity index (χ2v) is 8.31. The normalized spacial score (nSPS) is 16.2. The zero-order chi connectivity index (χ0) is 23.7. The van der Waals surface area contributed by atoms with E-state index in [2.05, 4.69) is 0 Å². The van der Waals surface area contributed by atoms with Gasteiger partial charge in [0.2, 0.25) is 0 Å². The molecule has 0 saturated heterocycles. The van der Waals surface area contributed by atoms with Crippen molar-refractivity contribution in [2.45, 2.75) is 12.8 Å². The van der Waals surface area contributed by atoms with Crippen LogP contribution in [0, 0.1) is 6.92 Å². The van der Waals surface area contributed by atoms with Crippen molar-refractivity contribution in [1.82, 2.24) is 0 Å². The first-order valence-corrected chi connectivity index (χ1v) is 10.6. The molecule has 7 nitrogen and oxygen atoms in total. The summed E-state index contributed by atoms with van der Waals surface area (Å²) >= 11 is 0. The molecule has 0 spiro atoms. The number of ether oxygens (including phenoxy) is 2. The average molecular weight is 454 g/mol. The highest BCUT2D eigenvalue weighted by Crippen LogP contribution is 2.55. The number of allylic oxidation sites excluding steroid dienone is 1. The first kappa shape index (κ1) is 20.1. The Kier molecular flexibility index (Phi) is 4.13. The lowest BCUT2D eigenvalue weighted by Gasteiger charge is -2.29. The number of aryl methyl sites for hydroxylation is 1. The minimum absolute atomic E-state index is 0.0996. The summed E-state index contributed by atoms with van der Waals surface area (Å²) in [6.07, 6.45) is 0. The number of phenolic OH excluding ortho intramolecular Hbond substituents is 2. The third kappa shape index (κ3) is 2.58. The predicted molar refractivity (Wildman–Crippen MR) is 124 cm³/mol. The van der Waals surface area contributed by atoms with Gasteiger partial charge in [-0.2, -0.15) is 0 Å². The monoisotopic (exact) mass is 454 g/mol. The van der Waals surface area contributed by atoms with Gasteiger partial charge in [-0.25, -0.2) is 4.79 Å². The van der Waals surface area contributed by atoms with Crippen molar-refractivity contribution in [1.29, 1.82) is 0 Å². The molecule has 0 radical (unpaired) electrons. The number of hydrogen-bond donors (Lipinski definition) is 2. The summed E-state index contributed by atoms with van der Waals surface area (Å²) in [7, 11) is 1.44. The second kappa shape index (κ2) is 6.99. The number of hydrogen-bond acceptors (Lipinski definition) is 7. The summed E-state index contributed by atoms with van der Waals surface area (Å²) in [6.45, 7) is 1.69. The molecule has 2 aliphatic rings. The minimum Gasteiger partial charge on any atom is -0.507 e. The van der Waals surface area contributed by atoms with Crippen LogP contribution in [-0.4, -0.2) is 23.1 Å². The largest absolute Gasteiger partial charge is 0.507 e. The van der Waals surface area contributed by atoms with E-state index in [1.165, 1.54) is 19.2 Å². The van der Waals surface area contributed by atoms with Gasteiger partial charge in [0, 0.05) is 28.8 Å². The van der Waals surface area contributed by atoms with E-state index in [0.29, 0.717) is 44.5 Å². The highest BCUT2D eigenvalue weighted by Gasteiger charge is 2.44. The van der Waals surface area contributed by atoms with Crippen molar-refractivity contribution in [2.75, 3.05) is 7.11 Å². The number of para-hydroxylation sites is 1. The molecule has 7 heteroatoms. The molecule has 2 heterocycles. The van der Waals surface area contributed by atoms with Gasteiger partial charge in [-0.15, -0.1) is 0 Å². The fraction of sp³-hybridized carbons (Fsp3) is 0.111. The van der Waals surface area contributed by atoms with Crippen molar-refractivity contribution >= 4 is 22.5 Å². The molecule has 1 aliphatic carbocycles. The van der Waals surface area contributed by atoms with Gasteiger partial charge in [0.25, 0.3) is 0 Å². The molecule has 0 bridgehead atoms. The van der Waals surface area contributed by atoms with Crippen LogP contribution in [0.15, 0.2) is 69.4 Å². The minimum atomic E-state index is -0.846. The van der Waals surface area contributed by atoms with Gasteiger partial charge in [-0.1, -0.05) is 36.4 Å². The summed E-state index contributed by atoms with van der Waals surface area (Å²) < 4.78 is 17.1. The third-order valence-electron chi connectivity index (χ3n) is 6.45. The lowest BCUT2D eigenvalue weighted by Crippen LogP contribution is -2.18. The summed E-state index contributed by atoms with van der Waals surface area (Å²) in [5, 5.41) is 22.2. The Labute approximate surface area is 193 Å². The van der Waals surface area contributed by atoms with Crippen LogP contribution in [-0.2, 0) is 0 Å². The van der Waals surface area contributed by atoms with Crippen molar-refractivity contribution in [2.24, 2.45) is 0 Å². The quantitative estimate of drug-likeness (QED) is 0.425. The number of aromatic hydroxyl groups is 2. The van der Waals surface area contributed by atoms with E-state index in [0.717, 1.165) is 0 Å². The Balaban J connectivity index is 1.76. The molecule has 1 aromatic heterocycles. The van der Waals surface area contributed by atoms with Crippen LogP contribution in [0.25, 0.3) is 16.7 Å². The van der Waals surface area contributed by atoms with E-state index in [9.17, 15) is 19.8 Å². The van der Waals surface area contributed by atoms with Gasteiger partial charge in [0.05, 0.1) is 29.6 Å². The maximum absolute atomic E-state index is 13.6. The highest BCUT2D eigenvalue weighted by atomic mass is 16.5. The molecular formula is C27H18O7. The Bertz CT molecular complexity index is 1640. The molecule has 168 valence electrons. The van der Waals surface area contributed by atoms with Crippen molar-refractivity contribution < 1.29 is 28.9 Å². The molecule has 0 amide bonds. The van der Waals surface area contributed by atoms with Crippen LogP contribution in [0.2, 0.25) is 0 Å². The van der Waals surface area contributed by atoms with Gasteiger partial charge in [-0.3, -0.25) is 4.79 Å². The van der Waals surface area contributed by atoms with Crippen LogP contribution in [0.4, 0.5) is 0 Å². The molecule has 2 N–H and O–H groups in total. The molecule has 4 aromatic rings. The summed E-state index contributed by atoms with van der Waals surface area (Å²) in [5.74, 6) is -0.555. The third-order valence-corrected chi connectivity index (χ3v) is 6.45. The maximum Gasteiger partial charge on any atom is 0.336 e. The van der Waals surface area contributed by atoms with E-state index in [4.69, 9.17) is 13.9 Å². The zero-order valence-electron chi connectivity index (χ0n) is 18.2. The summed E-state index contributed by atoms with van der Waals surface area (Å²) in [4.78, 5) is 26.0. The van der Waals surface area contributed by atoms with E-state index in [-0.39, 0.29) is 34.4 Å². The fourth-order valence-corrected chi connectivity index (χ4v) is 5.01. The average Bonchev–Trinajstić information content (AvgIpc) is 3.09. The number of benzene rings is 3. The molecule has 1 atom stereocenters. The van der Waals surface area contributed by atoms with Gasteiger partial charge in [-0.05, 0) is 18.6 Å². The smallest absolute Gasteiger partial charge is 0.336 e. The van der Waals surface area contributed by atoms with Crippen LogP contribution in [0.1, 0.15) is 38.5 Å². The molecule has 1 unspecified atom stereocenters. The van der Waals surface area contributed by atoms with Gasteiger partial charge in [0.1, 0.15) is 22.8 Å². The van der Waals surface area contributed by atoms with E-state index >= 15 is 0 Å². The van der Waals surface area contributed by atoms with E-state index in [1.807, 2.05) is 0 Å². The van der Waals surface area contributed by atoms with Gasteiger partial charge in [0.15, 0.2) is 17.3 Å². The first-order chi connectivity index (χ1) is 16.4. The Hall–Kier alpha value is -4.52. The van der Waals surface area contributed by atoms with Crippen LogP contribution in [0.3, 0.4) is 0 Å². The Morgan fingerprint density at radius 1 is 0.971 bits per heavy atom. The number of methoxy groups -OCH3 is 1. The van der Waals surface area contributed by atoms with Crippen LogP contribution < -0.4 is 15.1 Å². The van der Waals surface area contributed by atoms with Crippen LogP contribution >= 0.6 is 0 Å². The molecule has 0 saturated carbocycles. The number of fused-ring (bicyclic) bond motifs is 5. The molecule has 1 aliphatic heterocycles. The SMILES string of the molecule is COc1cccc(C2C3=C(Oc4cc(O)c5c(C)cc(=O)oc5c42)c2ccccc2C3=O)c1O. The van der Waals surface area contributed by atoms with E-state index in [1.54, 1.807) is 49.4 Å². The molecule has 0 fully saturated rings. The number of ketones is 1. The summed E-state index contributed by atoms with van der Waals surface area (Å²) in [5.41, 5.74) is 2.17. The first-order valence-electron chi connectivity index (χ1n) is 10.6. The fourth-order valence-electron chi connectivity index (χ4n) is 5.01. The maximum atomic E-state index is 13.6. The Morgan fingerprint density at radius 3 is 2.50 bits per heavy atom. The van der Waals surface area contributed by atoms with Crippen LogP contribution in [0.5, 0.6) is 23.0 Å². The van der Waals surface area contributed by atoms with Crippen molar-refractivity contribution in [3.8, 4) is 23.0 Å². The lowest BCUT2D eigenvalue weighted by atomic mass is 9.80. The highest BCUT2D eigenvalue weighted by molar-refractivity contribution is 6.22. The number of carbonyl (C=O) groups excluding carboxylic acids is 1. The molecule has 34 heavy (non-hydrogen) atoms.